The minimum Gasteiger partial charge on any atom is -0.205 e. The van der Waals surface area contributed by atoms with Crippen molar-refractivity contribution in [2.24, 2.45) is 17.8 Å². The topological polar surface area (TPSA) is 0 Å². The van der Waals surface area contributed by atoms with Gasteiger partial charge in [0.1, 0.15) is 5.83 Å². The Bertz CT molecular complexity index is 343. The van der Waals surface area contributed by atoms with Crippen LogP contribution in [-0.2, 0) is 0 Å². The molecule has 0 N–H and O–H groups in total. The quantitative estimate of drug-likeness (QED) is 0.380. The van der Waals surface area contributed by atoms with Crippen LogP contribution in [0.25, 0.3) is 0 Å². The summed E-state index contributed by atoms with van der Waals surface area (Å²) in [6.45, 7) is 16.2. The van der Waals surface area contributed by atoms with Gasteiger partial charge in [0.15, 0.2) is 0 Å². The van der Waals surface area contributed by atoms with Crippen LogP contribution >= 0.6 is 11.6 Å². The summed E-state index contributed by atoms with van der Waals surface area (Å²) < 4.78 is 13.9. The first-order valence-electron chi connectivity index (χ1n) is 7.71. The highest BCUT2D eigenvalue weighted by Crippen LogP contribution is 2.30. The van der Waals surface area contributed by atoms with Crippen molar-refractivity contribution in [3.63, 3.8) is 0 Å². The van der Waals surface area contributed by atoms with E-state index in [4.69, 9.17) is 11.6 Å². The first-order valence-corrected chi connectivity index (χ1v) is 8.09. The molecule has 3 atom stereocenters. The third kappa shape index (κ3) is 6.74. The molecule has 0 spiro atoms. The van der Waals surface area contributed by atoms with E-state index in [9.17, 15) is 4.39 Å². The van der Waals surface area contributed by atoms with Crippen LogP contribution in [0.5, 0.6) is 0 Å². The Morgan fingerprint density at radius 3 is 2.20 bits per heavy atom. The van der Waals surface area contributed by atoms with Crippen molar-refractivity contribution in [3.8, 4) is 0 Å². The second-order valence-electron chi connectivity index (χ2n) is 5.97. The molecule has 0 aliphatic carbocycles. The standard InChI is InChI=1S/C18H30ClF/c1-7-9-10-13(3)14(4)11-12-15(5)16(6)18(20)17(19)8-2/h8,13-15H,2,6-7,9-12H2,1,3-5H3/b18-17-. The minimum absolute atomic E-state index is 0.0613. The van der Waals surface area contributed by atoms with Gasteiger partial charge in [-0.05, 0) is 42.2 Å². The Morgan fingerprint density at radius 1 is 1.15 bits per heavy atom. The summed E-state index contributed by atoms with van der Waals surface area (Å²) in [4.78, 5) is 0. The monoisotopic (exact) mass is 300 g/mol. The number of unbranched alkanes of at least 4 members (excludes halogenated alkanes) is 1. The molecule has 0 aromatic heterocycles. The van der Waals surface area contributed by atoms with Crippen molar-refractivity contribution >= 4 is 11.6 Å². The van der Waals surface area contributed by atoms with Crippen molar-refractivity contribution < 1.29 is 4.39 Å². The van der Waals surface area contributed by atoms with Gasteiger partial charge in [-0.2, -0.15) is 0 Å². The fourth-order valence-electron chi connectivity index (χ4n) is 2.24. The molecule has 0 aliphatic rings. The van der Waals surface area contributed by atoms with Gasteiger partial charge >= 0.3 is 0 Å². The Hall–Kier alpha value is -0.560. The summed E-state index contributed by atoms with van der Waals surface area (Å²) in [6, 6.07) is 0. The summed E-state index contributed by atoms with van der Waals surface area (Å²) in [5, 5.41) is 0.0613. The summed E-state index contributed by atoms with van der Waals surface area (Å²) in [6.07, 6.45) is 7.20. The zero-order chi connectivity index (χ0) is 15.7. The van der Waals surface area contributed by atoms with Gasteiger partial charge in [-0.15, -0.1) is 0 Å². The maximum atomic E-state index is 13.9. The summed E-state index contributed by atoms with van der Waals surface area (Å²) in [7, 11) is 0. The number of allylic oxidation sites excluding steroid dienone is 4. The lowest BCUT2D eigenvalue weighted by Gasteiger charge is -2.22. The molecular formula is C18H30ClF. The van der Waals surface area contributed by atoms with Gasteiger partial charge in [-0.3, -0.25) is 0 Å². The smallest absolute Gasteiger partial charge is 0.144 e. The second kappa shape index (κ2) is 10.2. The van der Waals surface area contributed by atoms with Gasteiger partial charge in [0.25, 0.3) is 0 Å². The molecule has 0 nitrogen and oxygen atoms in total. The second-order valence-corrected chi connectivity index (χ2v) is 6.37. The highest BCUT2D eigenvalue weighted by Gasteiger charge is 2.17. The van der Waals surface area contributed by atoms with Gasteiger partial charge in [0.05, 0.1) is 5.03 Å². The maximum Gasteiger partial charge on any atom is 0.144 e. The maximum absolute atomic E-state index is 13.9. The molecule has 20 heavy (non-hydrogen) atoms. The van der Waals surface area contributed by atoms with Crippen molar-refractivity contribution in [2.45, 2.75) is 59.8 Å². The van der Waals surface area contributed by atoms with Crippen LogP contribution in [-0.4, -0.2) is 0 Å². The highest BCUT2D eigenvalue weighted by molar-refractivity contribution is 6.31. The fourth-order valence-corrected chi connectivity index (χ4v) is 2.36. The number of rotatable bonds is 10. The Labute approximate surface area is 129 Å². The predicted molar refractivity (Wildman–Crippen MR) is 89.6 cm³/mol. The van der Waals surface area contributed by atoms with Crippen molar-refractivity contribution in [1.29, 1.82) is 0 Å². The highest BCUT2D eigenvalue weighted by atomic mass is 35.5. The van der Waals surface area contributed by atoms with Crippen LogP contribution in [0.2, 0.25) is 0 Å². The first-order chi connectivity index (χ1) is 9.34. The van der Waals surface area contributed by atoms with E-state index in [0.717, 1.165) is 18.8 Å². The number of hydrogen-bond donors (Lipinski definition) is 0. The third-order valence-electron chi connectivity index (χ3n) is 4.31. The molecule has 3 unspecified atom stereocenters. The van der Waals surface area contributed by atoms with Gasteiger partial charge < -0.3 is 0 Å². The molecule has 0 radical (unpaired) electrons. The molecule has 0 saturated heterocycles. The van der Waals surface area contributed by atoms with Crippen molar-refractivity contribution in [1.82, 2.24) is 0 Å². The van der Waals surface area contributed by atoms with E-state index >= 15 is 0 Å². The Kier molecular flexibility index (Phi) is 9.92. The molecule has 0 aromatic rings. The average molecular weight is 301 g/mol. The van der Waals surface area contributed by atoms with E-state index in [1.807, 2.05) is 6.92 Å². The number of hydrogen-bond acceptors (Lipinski definition) is 0. The first kappa shape index (κ1) is 19.4. The fraction of sp³-hybridized carbons (Fsp3) is 0.667. The largest absolute Gasteiger partial charge is 0.205 e. The van der Waals surface area contributed by atoms with Gasteiger partial charge in [0, 0.05) is 0 Å². The Balaban J connectivity index is 4.31. The summed E-state index contributed by atoms with van der Waals surface area (Å²) in [5.41, 5.74) is 0.489. The minimum atomic E-state index is -0.416. The molecule has 0 saturated carbocycles. The average Bonchev–Trinajstić information content (AvgIpc) is 2.46. The molecule has 0 heterocycles. The van der Waals surface area contributed by atoms with E-state index in [1.54, 1.807) is 0 Å². The van der Waals surface area contributed by atoms with E-state index in [2.05, 4.69) is 33.9 Å². The molecular weight excluding hydrogens is 271 g/mol. The summed E-state index contributed by atoms with van der Waals surface area (Å²) >= 11 is 5.75. The lowest BCUT2D eigenvalue weighted by molar-refractivity contribution is 0.317. The molecule has 0 aliphatic heterocycles. The van der Waals surface area contributed by atoms with Crippen LogP contribution in [0, 0.1) is 17.8 Å². The van der Waals surface area contributed by atoms with Gasteiger partial charge in [-0.25, -0.2) is 4.39 Å². The zero-order valence-corrected chi connectivity index (χ0v) is 14.3. The zero-order valence-electron chi connectivity index (χ0n) is 13.5. The van der Waals surface area contributed by atoms with Crippen LogP contribution in [0.15, 0.2) is 35.7 Å². The van der Waals surface area contributed by atoms with Crippen LogP contribution < -0.4 is 0 Å². The SMILES string of the molecule is C=C/C(Cl)=C(/F)C(=C)C(C)CCC(C)C(C)CCCC. The number of halogens is 2. The van der Waals surface area contributed by atoms with Crippen molar-refractivity contribution in [2.75, 3.05) is 0 Å². The molecule has 116 valence electrons. The van der Waals surface area contributed by atoms with Crippen molar-refractivity contribution in [3.05, 3.63) is 35.7 Å². The lowest BCUT2D eigenvalue weighted by Crippen LogP contribution is -2.10. The van der Waals surface area contributed by atoms with Gasteiger partial charge in [-0.1, -0.05) is 71.7 Å². The van der Waals surface area contributed by atoms with Crippen LogP contribution in [0.4, 0.5) is 4.39 Å². The van der Waals surface area contributed by atoms with E-state index in [-0.39, 0.29) is 11.0 Å². The Morgan fingerprint density at radius 2 is 1.70 bits per heavy atom. The van der Waals surface area contributed by atoms with E-state index in [1.165, 1.54) is 25.3 Å². The molecule has 2 heteroatoms. The van der Waals surface area contributed by atoms with E-state index in [0.29, 0.717) is 11.5 Å². The summed E-state index contributed by atoms with van der Waals surface area (Å²) in [5.74, 6) is 1.09. The molecule has 0 fully saturated rings. The normalized spacial score (nSPS) is 17.1. The molecule has 0 rings (SSSR count). The van der Waals surface area contributed by atoms with Gasteiger partial charge in [0.2, 0.25) is 0 Å². The third-order valence-corrected chi connectivity index (χ3v) is 4.63. The molecule has 0 bridgehead atoms. The van der Waals surface area contributed by atoms with Crippen LogP contribution in [0.1, 0.15) is 59.8 Å². The van der Waals surface area contributed by atoms with E-state index < -0.39 is 5.83 Å². The van der Waals surface area contributed by atoms with Crippen LogP contribution in [0.3, 0.4) is 0 Å². The molecule has 0 amide bonds. The molecule has 0 aromatic carbocycles. The predicted octanol–water partition coefficient (Wildman–Crippen LogP) is 7.03. The lowest BCUT2D eigenvalue weighted by atomic mass is 9.84.